The van der Waals surface area contributed by atoms with Crippen LogP contribution in [-0.2, 0) is 20.4 Å². The largest absolute Gasteiger partial charge is 1.00 e. The van der Waals surface area contributed by atoms with Gasteiger partial charge in [-0.15, -0.1) is 0 Å². The molecule has 1 aromatic rings. The summed E-state index contributed by atoms with van der Waals surface area (Å²) >= 11 is 2.40. The number of rotatable bonds is 20. The summed E-state index contributed by atoms with van der Waals surface area (Å²) in [6.07, 6.45) is 28.1. The molecule has 0 spiro atoms. The summed E-state index contributed by atoms with van der Waals surface area (Å²) in [5, 5.41) is 3.44. The second-order valence-electron chi connectivity index (χ2n) is 10.9. The summed E-state index contributed by atoms with van der Waals surface area (Å²) in [6, 6.07) is 13.0. The molecule has 0 nitrogen and oxygen atoms in total. The van der Waals surface area contributed by atoms with Crippen molar-refractivity contribution >= 4 is 13.3 Å². The van der Waals surface area contributed by atoms with Crippen LogP contribution in [0.25, 0.3) is 0 Å². The SMILES string of the molecule is CCCCCCCCCCCCCCCCCC[Si](C)(C1=[C]([Ti+3])CC=C1CC)c1ccccc1.[Cl-].[Cl-].[Cl-]. The van der Waals surface area contributed by atoms with E-state index < -0.39 is 8.07 Å². The summed E-state index contributed by atoms with van der Waals surface area (Å²) in [5.41, 5.74) is 1.66. The number of benzene rings is 1. The molecule has 0 saturated heterocycles. The minimum absolute atomic E-state index is 0. The van der Waals surface area contributed by atoms with Crippen LogP contribution in [0.3, 0.4) is 0 Å². The Hall–Kier alpha value is 0.501. The van der Waals surface area contributed by atoms with E-state index in [1.807, 2.05) is 0 Å². The number of allylic oxidation sites excluding steroid dienone is 4. The average Bonchev–Trinajstić information content (AvgIpc) is 3.25. The third-order valence-electron chi connectivity index (χ3n) is 8.05. The van der Waals surface area contributed by atoms with Crippen molar-refractivity contribution in [1.29, 1.82) is 0 Å². The third kappa shape index (κ3) is 14.6. The maximum absolute atomic E-state index is 2.65. The molecule has 0 aliphatic heterocycles. The number of hydrogen-bond donors (Lipinski definition) is 0. The normalized spacial score (nSPS) is 14.4. The molecule has 1 atom stereocenters. The number of halogens is 3. The van der Waals surface area contributed by atoms with Crippen LogP contribution in [0.4, 0.5) is 0 Å². The van der Waals surface area contributed by atoms with E-state index in [4.69, 9.17) is 0 Å². The summed E-state index contributed by atoms with van der Waals surface area (Å²) in [6.45, 7) is 7.30. The van der Waals surface area contributed by atoms with Crippen LogP contribution in [-0.4, -0.2) is 8.07 Å². The van der Waals surface area contributed by atoms with E-state index in [2.05, 4.69) is 77.2 Å². The van der Waals surface area contributed by atoms with Crippen LogP contribution in [0.2, 0.25) is 12.6 Å². The number of unbranched alkanes of at least 4 members (excludes halogenated alkanes) is 15. The molecule has 1 aliphatic carbocycles. The molecule has 0 fully saturated rings. The molecule has 0 saturated carbocycles. The molecule has 1 aliphatic rings. The molecule has 37 heavy (non-hydrogen) atoms. The van der Waals surface area contributed by atoms with E-state index in [-0.39, 0.29) is 37.2 Å². The van der Waals surface area contributed by atoms with Gasteiger partial charge < -0.3 is 37.2 Å². The molecule has 0 bridgehead atoms. The van der Waals surface area contributed by atoms with Crippen LogP contribution in [0.5, 0.6) is 0 Å². The molecule has 1 unspecified atom stereocenters. The molecule has 2 rings (SSSR count). The van der Waals surface area contributed by atoms with Crippen molar-refractivity contribution in [2.75, 3.05) is 0 Å². The quantitative estimate of drug-likeness (QED) is 0.153. The van der Waals surface area contributed by atoms with Gasteiger partial charge >= 0.3 is 168 Å². The fourth-order valence-corrected chi connectivity index (χ4v) is 12.0. The van der Waals surface area contributed by atoms with E-state index in [1.54, 1.807) is 19.8 Å². The van der Waals surface area contributed by atoms with Crippen LogP contribution < -0.4 is 42.4 Å². The first-order valence-corrected chi connectivity index (χ1v) is 18.3. The van der Waals surface area contributed by atoms with Crippen LogP contribution >= 0.6 is 0 Å². The monoisotopic (exact) mass is 618 g/mol. The van der Waals surface area contributed by atoms with Gasteiger partial charge in [-0.25, -0.2) is 0 Å². The molecule has 0 amide bonds. The van der Waals surface area contributed by atoms with Crippen LogP contribution in [0.15, 0.2) is 51.1 Å². The Bertz CT molecular complexity index is 735. The van der Waals surface area contributed by atoms with Crippen molar-refractivity contribution in [3.05, 3.63) is 51.1 Å². The minimum Gasteiger partial charge on any atom is -1.00 e. The van der Waals surface area contributed by atoms with Crippen molar-refractivity contribution in [3.8, 4) is 0 Å². The molecule has 5 heteroatoms. The van der Waals surface area contributed by atoms with Crippen LogP contribution in [0.1, 0.15) is 129 Å². The molecule has 210 valence electrons. The van der Waals surface area contributed by atoms with Crippen molar-refractivity contribution in [1.82, 2.24) is 0 Å². The third-order valence-corrected chi connectivity index (χ3v) is 13.8. The molecule has 1 aromatic carbocycles. The predicted molar refractivity (Wildman–Crippen MR) is 152 cm³/mol. The van der Waals surface area contributed by atoms with Gasteiger partial charge in [0, 0.05) is 0 Å². The second-order valence-corrected chi connectivity index (χ2v) is 16.1. The zero-order valence-corrected chi connectivity index (χ0v) is 28.9. The van der Waals surface area contributed by atoms with Gasteiger partial charge in [0.1, 0.15) is 0 Å². The summed E-state index contributed by atoms with van der Waals surface area (Å²) in [7, 11) is -1.64. The standard InChI is InChI=1S/C32H53Si.3ClH.Ti/c1-4-6-7-8-9-10-11-12-13-14-15-16-17-18-19-23-29-33(3,31-26-21-20-22-27-31)32-28-24-25-30(32)5-2;;;;/h20-22,25-27H,4-19,23-24,29H2,1-3H3;3*1H;/q;;;;+3/p-3. The van der Waals surface area contributed by atoms with Gasteiger partial charge in [-0.2, -0.15) is 0 Å². The minimum atomic E-state index is -1.64. The summed E-state index contributed by atoms with van der Waals surface area (Å²) < 4.78 is 1.66. The Morgan fingerprint density at radius 3 is 1.51 bits per heavy atom. The van der Waals surface area contributed by atoms with Crippen molar-refractivity contribution in [3.63, 3.8) is 0 Å². The Labute approximate surface area is 262 Å². The van der Waals surface area contributed by atoms with Crippen molar-refractivity contribution in [2.24, 2.45) is 0 Å². The average molecular weight is 620 g/mol. The summed E-state index contributed by atoms with van der Waals surface area (Å²) in [5.74, 6) is 0. The maximum Gasteiger partial charge on any atom is -1.00 e. The molecule has 0 radical (unpaired) electrons. The van der Waals surface area contributed by atoms with Gasteiger partial charge in [0.05, 0.1) is 0 Å². The van der Waals surface area contributed by atoms with E-state index in [0.717, 1.165) is 0 Å². The fourth-order valence-electron chi connectivity index (χ4n) is 5.88. The van der Waals surface area contributed by atoms with Crippen LogP contribution in [0, 0.1) is 0 Å². The van der Waals surface area contributed by atoms with E-state index in [1.165, 1.54) is 122 Å². The van der Waals surface area contributed by atoms with Gasteiger partial charge in [-0.3, -0.25) is 0 Å². The Morgan fingerprint density at radius 2 is 1.08 bits per heavy atom. The van der Waals surface area contributed by atoms with E-state index in [9.17, 15) is 0 Å². The maximum atomic E-state index is 2.65. The molecule has 0 N–H and O–H groups in total. The first-order valence-electron chi connectivity index (χ1n) is 14.8. The Kier molecular flexibility index (Phi) is 26.0. The smallest absolute Gasteiger partial charge is 1.00 e. The van der Waals surface area contributed by atoms with Crippen molar-refractivity contribution < 1.29 is 57.7 Å². The molecule has 0 heterocycles. The van der Waals surface area contributed by atoms with Gasteiger partial charge in [0.15, 0.2) is 0 Å². The Morgan fingerprint density at radius 1 is 0.649 bits per heavy atom. The number of hydrogen-bond acceptors (Lipinski definition) is 0. The van der Waals surface area contributed by atoms with Crippen molar-refractivity contribution in [2.45, 2.75) is 142 Å². The topological polar surface area (TPSA) is 0 Å². The molecular weight excluding hydrogens is 567 g/mol. The zero-order chi connectivity index (χ0) is 24.5. The molecular formula is C32H53Cl3SiTi. The fraction of sp³-hybridized carbons (Fsp3) is 0.688. The van der Waals surface area contributed by atoms with Gasteiger partial charge in [0.2, 0.25) is 0 Å². The van der Waals surface area contributed by atoms with E-state index >= 15 is 0 Å². The van der Waals surface area contributed by atoms with Gasteiger partial charge in [-0.1, -0.05) is 58.3 Å². The Balaban J connectivity index is 0. The second kappa shape index (κ2) is 24.3. The zero-order valence-electron chi connectivity index (χ0n) is 24.0. The van der Waals surface area contributed by atoms with Gasteiger partial charge in [-0.05, 0) is 0 Å². The van der Waals surface area contributed by atoms with E-state index in [0.29, 0.717) is 0 Å². The van der Waals surface area contributed by atoms with Gasteiger partial charge in [0.25, 0.3) is 0 Å². The molecule has 0 aromatic heterocycles. The predicted octanol–water partition coefficient (Wildman–Crippen LogP) is 1.33. The summed E-state index contributed by atoms with van der Waals surface area (Å²) in [4.78, 5) is 0. The first kappa shape index (κ1) is 39.6. The first-order chi connectivity index (χ1) is 16.6.